The first-order chi connectivity index (χ1) is 9.31. The lowest BCUT2D eigenvalue weighted by Crippen LogP contribution is -2.33. The van der Waals surface area contributed by atoms with Gasteiger partial charge in [-0.25, -0.2) is 0 Å². The van der Waals surface area contributed by atoms with E-state index in [2.05, 4.69) is 53.8 Å². The average molecular weight is 255 g/mol. The zero-order chi connectivity index (χ0) is 13.5. The van der Waals surface area contributed by atoms with Crippen molar-refractivity contribution in [1.29, 1.82) is 0 Å². The van der Waals surface area contributed by atoms with Crippen molar-refractivity contribution in [2.24, 2.45) is 0 Å². The molecule has 0 saturated heterocycles. The highest BCUT2D eigenvalue weighted by Gasteiger charge is 2.14. The monoisotopic (exact) mass is 255 g/mol. The van der Waals surface area contributed by atoms with E-state index in [1.54, 1.807) is 0 Å². The molecule has 0 aliphatic carbocycles. The van der Waals surface area contributed by atoms with Gasteiger partial charge in [0.2, 0.25) is 0 Å². The van der Waals surface area contributed by atoms with E-state index in [0.717, 1.165) is 6.54 Å². The lowest BCUT2D eigenvalue weighted by Gasteiger charge is -2.21. The molecule has 2 aromatic rings. The maximum atomic E-state index is 9.13. The molecule has 0 fully saturated rings. The number of rotatable bonds is 6. The van der Waals surface area contributed by atoms with E-state index in [9.17, 15) is 0 Å². The van der Waals surface area contributed by atoms with Gasteiger partial charge in [-0.05, 0) is 18.1 Å². The summed E-state index contributed by atoms with van der Waals surface area (Å²) in [7, 11) is 0. The summed E-state index contributed by atoms with van der Waals surface area (Å²) in [6.45, 7) is 2.99. The van der Waals surface area contributed by atoms with E-state index >= 15 is 0 Å². The van der Waals surface area contributed by atoms with E-state index in [-0.39, 0.29) is 12.6 Å². The van der Waals surface area contributed by atoms with E-state index in [0.29, 0.717) is 5.92 Å². The molecular formula is C17H21NO. The number of hydrogen-bond donors (Lipinski definition) is 2. The van der Waals surface area contributed by atoms with Gasteiger partial charge in [-0.3, -0.25) is 0 Å². The van der Waals surface area contributed by atoms with Crippen molar-refractivity contribution in [1.82, 2.24) is 5.32 Å². The van der Waals surface area contributed by atoms with Crippen LogP contribution in [0.2, 0.25) is 0 Å². The number of hydrogen-bond acceptors (Lipinski definition) is 2. The second-order valence-electron chi connectivity index (χ2n) is 4.87. The van der Waals surface area contributed by atoms with Gasteiger partial charge in [-0.15, -0.1) is 0 Å². The third-order valence-corrected chi connectivity index (χ3v) is 3.35. The summed E-state index contributed by atoms with van der Waals surface area (Å²) in [6.07, 6.45) is 0. The van der Waals surface area contributed by atoms with Gasteiger partial charge in [-0.1, -0.05) is 60.7 Å². The molecule has 0 heterocycles. The minimum atomic E-state index is 0.120. The molecule has 0 aliphatic rings. The molecule has 2 rings (SSSR count). The molecule has 2 N–H and O–H groups in total. The summed E-state index contributed by atoms with van der Waals surface area (Å²) >= 11 is 0. The minimum absolute atomic E-state index is 0.120. The lowest BCUT2D eigenvalue weighted by molar-refractivity contribution is 0.251. The second kappa shape index (κ2) is 7.07. The van der Waals surface area contributed by atoms with Gasteiger partial charge in [0.25, 0.3) is 0 Å². The Morgan fingerprint density at radius 1 is 0.895 bits per heavy atom. The smallest absolute Gasteiger partial charge is 0.0581 e. The summed E-state index contributed by atoms with van der Waals surface area (Å²) in [6, 6.07) is 21.1. The maximum absolute atomic E-state index is 9.13. The Hall–Kier alpha value is -1.64. The average Bonchev–Trinajstić information content (AvgIpc) is 2.49. The van der Waals surface area contributed by atoms with Crippen LogP contribution in [-0.2, 0) is 0 Å². The summed E-state index contributed by atoms with van der Waals surface area (Å²) in [4.78, 5) is 0. The number of nitrogens with one attached hydrogen (secondary N) is 1. The molecular weight excluding hydrogens is 234 g/mol. The fraction of sp³-hybridized carbons (Fsp3) is 0.294. The van der Waals surface area contributed by atoms with E-state index < -0.39 is 0 Å². The van der Waals surface area contributed by atoms with Gasteiger partial charge in [0.15, 0.2) is 0 Å². The zero-order valence-corrected chi connectivity index (χ0v) is 11.3. The summed E-state index contributed by atoms with van der Waals surface area (Å²) in [5.74, 6) is 0.316. The Balaban J connectivity index is 2.19. The number of aliphatic hydroxyl groups is 1. The summed E-state index contributed by atoms with van der Waals surface area (Å²) in [5, 5.41) is 12.5. The van der Waals surface area contributed by atoms with Crippen LogP contribution in [-0.4, -0.2) is 24.3 Å². The van der Waals surface area contributed by atoms with Crippen molar-refractivity contribution in [3.63, 3.8) is 0 Å². The van der Waals surface area contributed by atoms with Crippen molar-refractivity contribution >= 4 is 0 Å². The Labute approximate surface area is 115 Å². The molecule has 0 saturated carbocycles. The van der Waals surface area contributed by atoms with Crippen LogP contribution >= 0.6 is 0 Å². The molecule has 1 atom stereocenters. The van der Waals surface area contributed by atoms with Crippen molar-refractivity contribution in [3.8, 4) is 0 Å². The topological polar surface area (TPSA) is 32.3 Å². The van der Waals surface area contributed by atoms with Crippen LogP contribution in [0.15, 0.2) is 60.7 Å². The van der Waals surface area contributed by atoms with Gasteiger partial charge >= 0.3 is 0 Å². The first-order valence-corrected chi connectivity index (χ1v) is 6.75. The SMILES string of the molecule is CC(CO)NCC(c1ccccc1)c1ccccc1. The highest BCUT2D eigenvalue weighted by atomic mass is 16.3. The normalized spacial score (nSPS) is 12.6. The summed E-state index contributed by atoms with van der Waals surface area (Å²) < 4.78 is 0. The molecule has 19 heavy (non-hydrogen) atoms. The predicted octanol–water partition coefficient (Wildman–Crippen LogP) is 2.79. The molecule has 0 aliphatic heterocycles. The third-order valence-electron chi connectivity index (χ3n) is 3.35. The molecule has 1 unspecified atom stereocenters. The van der Waals surface area contributed by atoms with Crippen molar-refractivity contribution < 1.29 is 5.11 Å². The summed E-state index contributed by atoms with van der Waals surface area (Å²) in [5.41, 5.74) is 2.60. The Morgan fingerprint density at radius 2 is 1.37 bits per heavy atom. The van der Waals surface area contributed by atoms with Crippen molar-refractivity contribution in [3.05, 3.63) is 71.8 Å². The van der Waals surface area contributed by atoms with Crippen LogP contribution in [0.25, 0.3) is 0 Å². The fourth-order valence-corrected chi connectivity index (χ4v) is 2.18. The fourth-order valence-electron chi connectivity index (χ4n) is 2.18. The molecule has 0 spiro atoms. The number of benzene rings is 2. The maximum Gasteiger partial charge on any atom is 0.0581 e. The van der Waals surface area contributed by atoms with Crippen LogP contribution in [0.1, 0.15) is 24.0 Å². The minimum Gasteiger partial charge on any atom is -0.395 e. The zero-order valence-electron chi connectivity index (χ0n) is 11.3. The van der Waals surface area contributed by atoms with E-state index in [1.807, 2.05) is 19.1 Å². The van der Waals surface area contributed by atoms with Gasteiger partial charge in [0, 0.05) is 18.5 Å². The molecule has 2 heteroatoms. The standard InChI is InChI=1S/C17H21NO/c1-14(13-19)18-12-17(15-8-4-2-5-9-15)16-10-6-3-7-11-16/h2-11,14,17-19H,12-13H2,1H3. The molecule has 0 aromatic heterocycles. The molecule has 0 bridgehead atoms. The van der Waals surface area contributed by atoms with Gasteiger partial charge < -0.3 is 10.4 Å². The van der Waals surface area contributed by atoms with Crippen LogP contribution in [0.4, 0.5) is 0 Å². The first-order valence-electron chi connectivity index (χ1n) is 6.75. The number of aliphatic hydroxyl groups excluding tert-OH is 1. The van der Waals surface area contributed by atoms with Crippen molar-refractivity contribution in [2.75, 3.05) is 13.2 Å². The Morgan fingerprint density at radius 3 is 1.79 bits per heavy atom. The third kappa shape index (κ3) is 3.91. The Kier molecular flexibility index (Phi) is 5.13. The first kappa shape index (κ1) is 13.8. The van der Waals surface area contributed by atoms with Crippen LogP contribution < -0.4 is 5.32 Å². The quantitative estimate of drug-likeness (QED) is 0.832. The van der Waals surface area contributed by atoms with Crippen molar-refractivity contribution in [2.45, 2.75) is 18.9 Å². The largest absolute Gasteiger partial charge is 0.395 e. The van der Waals surface area contributed by atoms with Gasteiger partial charge in [0.05, 0.1) is 6.61 Å². The molecule has 0 amide bonds. The molecule has 100 valence electrons. The van der Waals surface area contributed by atoms with E-state index in [1.165, 1.54) is 11.1 Å². The lowest BCUT2D eigenvalue weighted by atomic mass is 9.91. The molecule has 0 radical (unpaired) electrons. The van der Waals surface area contributed by atoms with Crippen LogP contribution in [0.3, 0.4) is 0 Å². The van der Waals surface area contributed by atoms with Gasteiger partial charge in [-0.2, -0.15) is 0 Å². The van der Waals surface area contributed by atoms with Gasteiger partial charge in [0.1, 0.15) is 0 Å². The second-order valence-corrected chi connectivity index (χ2v) is 4.87. The van der Waals surface area contributed by atoms with Crippen LogP contribution in [0, 0.1) is 0 Å². The highest BCUT2D eigenvalue weighted by molar-refractivity contribution is 5.32. The molecule has 2 aromatic carbocycles. The van der Waals surface area contributed by atoms with E-state index in [4.69, 9.17) is 5.11 Å². The van der Waals surface area contributed by atoms with Crippen LogP contribution in [0.5, 0.6) is 0 Å². The highest BCUT2D eigenvalue weighted by Crippen LogP contribution is 2.23. The Bertz CT molecular complexity index is 430. The predicted molar refractivity (Wildman–Crippen MR) is 79.3 cm³/mol. The molecule has 2 nitrogen and oxygen atoms in total.